The van der Waals surface area contributed by atoms with Gasteiger partial charge >= 0.3 is 6.18 Å². The first kappa shape index (κ1) is 30.0. The molecule has 1 aromatic carbocycles. The third-order valence-corrected chi connectivity index (χ3v) is 8.72. The fraction of sp³-hybridized carbons (Fsp3) is 0.536. The quantitative estimate of drug-likeness (QED) is 0.485. The second kappa shape index (κ2) is 12.3. The molecule has 0 radical (unpaired) electrons. The molecule has 218 valence electrons. The fourth-order valence-corrected chi connectivity index (χ4v) is 6.11. The topological polar surface area (TPSA) is 99.7 Å². The van der Waals surface area contributed by atoms with Gasteiger partial charge in [0.1, 0.15) is 5.78 Å². The maximum Gasteiger partial charge on any atom is 0.416 e. The number of sulfone groups is 1. The van der Waals surface area contributed by atoms with E-state index in [0.29, 0.717) is 37.7 Å². The Labute approximate surface area is 232 Å². The number of ketones is 1. The number of rotatable bonds is 8. The number of likely N-dealkylation sites (tertiary alicyclic amines) is 1. The Hall–Kier alpha value is -2.99. The van der Waals surface area contributed by atoms with Gasteiger partial charge in [-0.2, -0.15) is 13.2 Å². The lowest BCUT2D eigenvalue weighted by Crippen LogP contribution is -2.36. The summed E-state index contributed by atoms with van der Waals surface area (Å²) in [4.78, 5) is 34.1. The van der Waals surface area contributed by atoms with Crippen LogP contribution in [0.4, 0.5) is 24.7 Å². The Morgan fingerprint density at radius 2 is 1.75 bits per heavy atom. The molecule has 0 bridgehead atoms. The molecule has 8 nitrogen and oxygen atoms in total. The standard InChI is InChI=1S/C28H35F3N4O4S/c1-34-10-4-5-20(18-34)14-23(36)13-19-8-11-35(12-9-19)26-25(16-24(17-32-26)40(2,38)39)33-27(37)21-6-3-7-22(15-21)28(29,30)31/h3,6-7,15-17,19-20H,4-5,8-14,18H2,1-2H3,(H,33,37)/t20-/m1/s1. The van der Waals surface area contributed by atoms with Crippen molar-refractivity contribution in [2.75, 3.05) is 49.7 Å². The minimum atomic E-state index is -4.61. The minimum Gasteiger partial charge on any atom is -0.355 e. The Bertz CT molecular complexity index is 1340. The lowest BCUT2D eigenvalue weighted by molar-refractivity contribution is -0.137. The Balaban J connectivity index is 1.45. The van der Waals surface area contributed by atoms with E-state index in [1.54, 1.807) is 0 Å². The molecule has 0 aliphatic carbocycles. The van der Waals surface area contributed by atoms with E-state index < -0.39 is 27.5 Å². The summed E-state index contributed by atoms with van der Waals surface area (Å²) in [6.45, 7) is 3.11. The maximum atomic E-state index is 13.2. The summed E-state index contributed by atoms with van der Waals surface area (Å²) in [6.07, 6.45) is 2.39. The number of aromatic nitrogens is 1. The number of hydrogen-bond donors (Lipinski definition) is 1. The van der Waals surface area contributed by atoms with Crippen molar-refractivity contribution in [3.05, 3.63) is 47.7 Å². The van der Waals surface area contributed by atoms with E-state index in [2.05, 4.69) is 22.2 Å². The van der Waals surface area contributed by atoms with Crippen LogP contribution in [0.15, 0.2) is 41.4 Å². The number of anilines is 2. The van der Waals surface area contributed by atoms with Gasteiger partial charge in [-0.25, -0.2) is 13.4 Å². The summed E-state index contributed by atoms with van der Waals surface area (Å²) < 4.78 is 63.8. The normalized spacial score (nSPS) is 19.4. The first-order valence-electron chi connectivity index (χ1n) is 13.4. The molecule has 2 aliphatic heterocycles. The molecule has 0 unspecified atom stereocenters. The summed E-state index contributed by atoms with van der Waals surface area (Å²) in [7, 11) is -1.58. The van der Waals surface area contributed by atoms with E-state index in [4.69, 9.17) is 0 Å². The van der Waals surface area contributed by atoms with Crippen molar-refractivity contribution in [2.45, 2.75) is 49.6 Å². The van der Waals surface area contributed by atoms with Crippen LogP contribution in [-0.4, -0.2) is 69.5 Å². The Morgan fingerprint density at radius 3 is 2.40 bits per heavy atom. The predicted octanol–water partition coefficient (Wildman–Crippen LogP) is 4.66. The van der Waals surface area contributed by atoms with Gasteiger partial charge in [-0.3, -0.25) is 9.59 Å². The number of piperidine rings is 2. The van der Waals surface area contributed by atoms with Gasteiger partial charge in [0.2, 0.25) is 0 Å². The zero-order chi connectivity index (χ0) is 29.1. The number of pyridine rings is 1. The highest BCUT2D eigenvalue weighted by Crippen LogP contribution is 2.33. The van der Waals surface area contributed by atoms with Gasteiger partial charge in [-0.1, -0.05) is 6.07 Å². The van der Waals surface area contributed by atoms with Crippen LogP contribution in [0, 0.1) is 11.8 Å². The first-order valence-corrected chi connectivity index (χ1v) is 15.3. The molecule has 1 amide bonds. The molecule has 2 aliphatic rings. The van der Waals surface area contributed by atoms with Gasteiger partial charge in [0.05, 0.1) is 16.1 Å². The van der Waals surface area contributed by atoms with Crippen LogP contribution in [0.5, 0.6) is 0 Å². The van der Waals surface area contributed by atoms with Gasteiger partial charge in [0, 0.05) is 50.5 Å². The summed E-state index contributed by atoms with van der Waals surface area (Å²) in [6, 6.07) is 5.29. The highest BCUT2D eigenvalue weighted by Gasteiger charge is 2.31. The molecule has 0 spiro atoms. The van der Waals surface area contributed by atoms with Crippen molar-refractivity contribution < 1.29 is 31.2 Å². The molecule has 3 heterocycles. The molecule has 4 rings (SSSR count). The lowest BCUT2D eigenvalue weighted by atomic mass is 9.86. The number of amides is 1. The molecule has 1 aromatic heterocycles. The Kier molecular flexibility index (Phi) is 9.19. The van der Waals surface area contributed by atoms with Crippen LogP contribution in [0.2, 0.25) is 0 Å². The second-order valence-electron chi connectivity index (χ2n) is 11.0. The van der Waals surface area contributed by atoms with Gasteiger partial charge < -0.3 is 15.1 Å². The monoisotopic (exact) mass is 580 g/mol. The maximum absolute atomic E-state index is 13.2. The molecule has 2 fully saturated rings. The molecular formula is C28H35F3N4O4S. The van der Waals surface area contributed by atoms with Crippen LogP contribution >= 0.6 is 0 Å². The molecule has 1 N–H and O–H groups in total. The first-order chi connectivity index (χ1) is 18.8. The SMILES string of the molecule is CN1CCC[C@H](CC(=O)CC2CCN(c3ncc(S(C)(=O)=O)cc3NC(=O)c3cccc(C(F)(F)F)c3)CC2)C1. The van der Waals surface area contributed by atoms with E-state index in [-0.39, 0.29) is 27.8 Å². The predicted molar refractivity (Wildman–Crippen MR) is 146 cm³/mol. The van der Waals surface area contributed by atoms with Crippen molar-refractivity contribution >= 4 is 33.0 Å². The average molecular weight is 581 g/mol. The van der Waals surface area contributed by atoms with Gasteiger partial charge in [0.25, 0.3) is 5.91 Å². The molecule has 40 heavy (non-hydrogen) atoms. The van der Waals surface area contributed by atoms with E-state index in [0.717, 1.165) is 63.2 Å². The third kappa shape index (κ3) is 7.81. The molecular weight excluding hydrogens is 545 g/mol. The third-order valence-electron chi connectivity index (χ3n) is 7.64. The largest absolute Gasteiger partial charge is 0.416 e. The summed E-state index contributed by atoms with van der Waals surface area (Å²) in [5.41, 5.74) is -1.08. The van der Waals surface area contributed by atoms with Gasteiger partial charge in [0.15, 0.2) is 15.7 Å². The second-order valence-corrected chi connectivity index (χ2v) is 13.0. The highest BCUT2D eigenvalue weighted by molar-refractivity contribution is 7.90. The van der Waals surface area contributed by atoms with E-state index >= 15 is 0 Å². The molecule has 12 heteroatoms. The number of nitrogens with zero attached hydrogens (tertiary/aromatic N) is 3. The van der Waals surface area contributed by atoms with Crippen LogP contribution in [0.25, 0.3) is 0 Å². The molecule has 2 aromatic rings. The molecule has 0 saturated carbocycles. The smallest absolute Gasteiger partial charge is 0.355 e. The summed E-state index contributed by atoms with van der Waals surface area (Å²) >= 11 is 0. The van der Waals surface area contributed by atoms with Crippen LogP contribution in [0.3, 0.4) is 0 Å². The van der Waals surface area contributed by atoms with Gasteiger partial charge in [-0.05, 0) is 75.4 Å². The lowest BCUT2D eigenvalue weighted by Gasteiger charge is -2.34. The van der Waals surface area contributed by atoms with E-state index in [9.17, 15) is 31.2 Å². The van der Waals surface area contributed by atoms with Gasteiger partial charge in [-0.15, -0.1) is 0 Å². The van der Waals surface area contributed by atoms with Crippen LogP contribution < -0.4 is 10.2 Å². The molecule has 1 atom stereocenters. The summed E-state index contributed by atoms with van der Waals surface area (Å²) in [5.74, 6) is 0.440. The number of carbonyl (C=O) groups is 2. The number of Topliss-reactive ketones (excluding diaryl/α,β-unsaturated/α-hetero) is 1. The number of benzene rings is 1. The number of carbonyl (C=O) groups excluding carboxylic acids is 2. The Morgan fingerprint density at radius 1 is 1.05 bits per heavy atom. The van der Waals surface area contributed by atoms with Crippen molar-refractivity contribution in [1.82, 2.24) is 9.88 Å². The van der Waals surface area contributed by atoms with Crippen molar-refractivity contribution in [3.8, 4) is 0 Å². The zero-order valence-electron chi connectivity index (χ0n) is 22.7. The van der Waals surface area contributed by atoms with Crippen LogP contribution in [0.1, 0.15) is 54.4 Å². The minimum absolute atomic E-state index is 0.0984. The van der Waals surface area contributed by atoms with Crippen molar-refractivity contribution in [2.24, 2.45) is 11.8 Å². The summed E-state index contributed by atoms with van der Waals surface area (Å²) in [5, 5.41) is 2.57. The van der Waals surface area contributed by atoms with Crippen LogP contribution in [-0.2, 0) is 20.8 Å². The van der Waals surface area contributed by atoms with Crippen molar-refractivity contribution in [1.29, 1.82) is 0 Å². The van der Waals surface area contributed by atoms with Crippen molar-refractivity contribution in [3.63, 3.8) is 0 Å². The average Bonchev–Trinajstić information content (AvgIpc) is 2.88. The number of hydrogen-bond acceptors (Lipinski definition) is 7. The fourth-order valence-electron chi connectivity index (χ4n) is 5.53. The highest BCUT2D eigenvalue weighted by atomic mass is 32.2. The van der Waals surface area contributed by atoms with E-state index in [1.165, 1.54) is 18.3 Å². The number of nitrogens with one attached hydrogen (secondary N) is 1. The van der Waals surface area contributed by atoms with E-state index in [1.807, 2.05) is 4.90 Å². The number of halogens is 3. The zero-order valence-corrected chi connectivity index (χ0v) is 23.5. The number of alkyl halides is 3. The molecule has 2 saturated heterocycles.